The summed E-state index contributed by atoms with van der Waals surface area (Å²) in [7, 11) is 1.58. The van der Waals surface area contributed by atoms with Crippen LogP contribution >= 0.6 is 0 Å². The van der Waals surface area contributed by atoms with E-state index in [-0.39, 0.29) is 24.3 Å². The Kier molecular flexibility index (Phi) is 8.18. The lowest BCUT2D eigenvalue weighted by molar-refractivity contribution is -0.141. The Morgan fingerprint density at radius 3 is 2.51 bits per heavy atom. The van der Waals surface area contributed by atoms with Gasteiger partial charge in [-0.3, -0.25) is 14.4 Å². The minimum absolute atomic E-state index is 0.135. The number of aliphatic hydroxyl groups is 1. The van der Waals surface area contributed by atoms with E-state index in [0.29, 0.717) is 50.2 Å². The Bertz CT molecular complexity index is 1170. The van der Waals surface area contributed by atoms with Gasteiger partial charge in [0.05, 0.1) is 25.0 Å². The van der Waals surface area contributed by atoms with Gasteiger partial charge in [-0.2, -0.15) is 0 Å². The number of benzene rings is 2. The normalized spacial score (nSPS) is 26.9. The molecular formula is C30H37N3O6. The summed E-state index contributed by atoms with van der Waals surface area (Å²) in [6, 6.07) is 15.9. The largest absolute Gasteiger partial charge is 0.497 e. The molecule has 1 spiro atoms. The number of rotatable bonds is 12. The standard InChI is InChI=1S/C30H37N3O6/c1-38-22-13-11-21(12-14-22)32-28(36)26-30-16-15-23(39-30)24(27(35)31-19-20-9-5-4-6-10-20)25(30)29(37)33(26)17-7-2-3-8-18-34/h4-6,9-14,23-26,34H,2-3,7-8,15-19H2,1H3,(H,31,35)(H,32,36)/t23-,24+,25-,26?,30?/m0/s1. The van der Waals surface area contributed by atoms with Crippen LogP contribution in [0.1, 0.15) is 44.1 Å². The fourth-order valence-corrected chi connectivity index (χ4v) is 6.53. The van der Waals surface area contributed by atoms with E-state index in [1.165, 1.54) is 0 Å². The van der Waals surface area contributed by atoms with E-state index in [4.69, 9.17) is 14.6 Å². The third kappa shape index (κ3) is 5.25. The van der Waals surface area contributed by atoms with Crippen LogP contribution in [0.25, 0.3) is 0 Å². The molecule has 39 heavy (non-hydrogen) atoms. The maximum atomic E-state index is 14.0. The van der Waals surface area contributed by atoms with Crippen molar-refractivity contribution in [3.8, 4) is 5.75 Å². The average Bonchev–Trinajstić information content (AvgIpc) is 3.60. The Hall–Kier alpha value is -3.43. The molecule has 2 aromatic carbocycles. The molecule has 3 heterocycles. The van der Waals surface area contributed by atoms with Gasteiger partial charge in [0.15, 0.2) is 0 Å². The quantitative estimate of drug-likeness (QED) is 0.360. The van der Waals surface area contributed by atoms with Crippen molar-refractivity contribution >= 4 is 23.4 Å². The van der Waals surface area contributed by atoms with Gasteiger partial charge in [-0.25, -0.2) is 0 Å². The van der Waals surface area contributed by atoms with Crippen LogP contribution < -0.4 is 15.4 Å². The highest BCUT2D eigenvalue weighted by molar-refractivity contribution is 6.03. The molecule has 3 amide bonds. The molecule has 3 aliphatic heterocycles. The minimum atomic E-state index is -1.03. The SMILES string of the molecule is COc1ccc(NC(=O)C2N(CCCCCCO)C(=O)[C@@H]3[C@H](C(=O)NCc4ccccc4)[C@@H]4CCC23O4)cc1. The number of nitrogens with zero attached hydrogens (tertiary/aromatic N) is 1. The van der Waals surface area contributed by atoms with E-state index in [1.54, 1.807) is 36.3 Å². The molecule has 2 unspecified atom stereocenters. The summed E-state index contributed by atoms with van der Waals surface area (Å²) in [6.45, 7) is 0.901. The fourth-order valence-electron chi connectivity index (χ4n) is 6.53. The van der Waals surface area contributed by atoms with Crippen LogP contribution in [0.5, 0.6) is 5.75 Å². The molecule has 3 N–H and O–H groups in total. The van der Waals surface area contributed by atoms with E-state index < -0.39 is 29.6 Å². The highest BCUT2D eigenvalue weighted by Gasteiger charge is 2.74. The van der Waals surface area contributed by atoms with Gasteiger partial charge < -0.3 is 30.1 Å². The Labute approximate surface area is 228 Å². The van der Waals surface area contributed by atoms with Crippen LogP contribution in [0.4, 0.5) is 5.69 Å². The van der Waals surface area contributed by atoms with E-state index in [2.05, 4.69) is 10.6 Å². The highest BCUT2D eigenvalue weighted by atomic mass is 16.5. The van der Waals surface area contributed by atoms with Gasteiger partial charge in [0.25, 0.3) is 0 Å². The highest BCUT2D eigenvalue weighted by Crippen LogP contribution is 2.58. The summed E-state index contributed by atoms with van der Waals surface area (Å²) < 4.78 is 11.7. The first kappa shape index (κ1) is 27.1. The zero-order valence-electron chi connectivity index (χ0n) is 22.3. The number of anilines is 1. The van der Waals surface area contributed by atoms with Crippen molar-refractivity contribution in [1.29, 1.82) is 0 Å². The molecule has 3 fully saturated rings. The number of hydrogen-bond donors (Lipinski definition) is 3. The molecule has 3 aliphatic rings. The van der Waals surface area contributed by atoms with Crippen molar-refractivity contribution in [2.24, 2.45) is 11.8 Å². The lowest BCUT2D eigenvalue weighted by Gasteiger charge is -2.33. The smallest absolute Gasteiger partial charge is 0.250 e. The number of aliphatic hydroxyl groups excluding tert-OH is 1. The van der Waals surface area contributed by atoms with Gasteiger partial charge in [-0.1, -0.05) is 43.2 Å². The molecule has 208 valence electrons. The number of amides is 3. The van der Waals surface area contributed by atoms with E-state index >= 15 is 0 Å². The number of fused-ring (bicyclic) bond motifs is 1. The van der Waals surface area contributed by atoms with Crippen LogP contribution in [0, 0.1) is 11.8 Å². The molecule has 0 aromatic heterocycles. The molecule has 3 saturated heterocycles. The van der Waals surface area contributed by atoms with Crippen LogP contribution in [0.3, 0.4) is 0 Å². The van der Waals surface area contributed by atoms with Crippen molar-refractivity contribution in [3.63, 3.8) is 0 Å². The number of methoxy groups -OCH3 is 1. The molecule has 9 heteroatoms. The molecule has 9 nitrogen and oxygen atoms in total. The Balaban J connectivity index is 1.37. The van der Waals surface area contributed by atoms with Gasteiger partial charge >= 0.3 is 0 Å². The number of unbranched alkanes of at least 4 members (excludes halogenated alkanes) is 3. The molecule has 5 rings (SSSR count). The van der Waals surface area contributed by atoms with E-state index in [0.717, 1.165) is 18.4 Å². The summed E-state index contributed by atoms with van der Waals surface area (Å²) in [5.74, 6) is -1.36. The van der Waals surface area contributed by atoms with Crippen molar-refractivity contribution in [1.82, 2.24) is 10.2 Å². The Morgan fingerprint density at radius 1 is 1.05 bits per heavy atom. The maximum Gasteiger partial charge on any atom is 0.250 e. The number of hydrogen-bond acceptors (Lipinski definition) is 6. The summed E-state index contributed by atoms with van der Waals surface area (Å²) in [5, 5.41) is 15.1. The molecule has 5 atom stereocenters. The van der Waals surface area contributed by atoms with Crippen molar-refractivity contribution in [2.75, 3.05) is 25.6 Å². The molecule has 2 aromatic rings. The van der Waals surface area contributed by atoms with Crippen LogP contribution in [0.15, 0.2) is 54.6 Å². The molecule has 0 aliphatic carbocycles. The molecular weight excluding hydrogens is 498 g/mol. The predicted octanol–water partition coefficient (Wildman–Crippen LogP) is 2.88. The number of carbonyl (C=O) groups excluding carboxylic acids is 3. The van der Waals surface area contributed by atoms with Crippen molar-refractivity contribution < 1.29 is 29.0 Å². The first-order valence-corrected chi connectivity index (χ1v) is 13.8. The summed E-state index contributed by atoms with van der Waals surface area (Å²) >= 11 is 0. The Morgan fingerprint density at radius 2 is 1.79 bits per heavy atom. The van der Waals surface area contributed by atoms with Gasteiger partial charge in [0.1, 0.15) is 17.4 Å². The third-order valence-electron chi connectivity index (χ3n) is 8.33. The van der Waals surface area contributed by atoms with Gasteiger partial charge in [-0.15, -0.1) is 0 Å². The second kappa shape index (κ2) is 11.8. The lowest BCUT2D eigenvalue weighted by atomic mass is 9.70. The molecule has 2 bridgehead atoms. The monoisotopic (exact) mass is 535 g/mol. The summed E-state index contributed by atoms with van der Waals surface area (Å²) in [4.78, 5) is 42.9. The van der Waals surface area contributed by atoms with Gasteiger partial charge in [-0.05, 0) is 55.5 Å². The van der Waals surface area contributed by atoms with Gasteiger partial charge in [0, 0.05) is 25.4 Å². The average molecular weight is 536 g/mol. The second-order valence-corrected chi connectivity index (χ2v) is 10.6. The second-order valence-electron chi connectivity index (χ2n) is 10.6. The molecule has 0 saturated carbocycles. The first-order chi connectivity index (χ1) is 19.0. The van der Waals surface area contributed by atoms with E-state index in [9.17, 15) is 14.4 Å². The third-order valence-corrected chi connectivity index (χ3v) is 8.33. The minimum Gasteiger partial charge on any atom is -0.497 e. The summed E-state index contributed by atoms with van der Waals surface area (Å²) in [5.41, 5.74) is 0.544. The number of likely N-dealkylation sites (tertiary alicyclic amines) is 1. The molecule has 0 radical (unpaired) electrons. The van der Waals surface area contributed by atoms with Crippen molar-refractivity contribution in [3.05, 3.63) is 60.2 Å². The predicted molar refractivity (Wildman–Crippen MR) is 145 cm³/mol. The summed E-state index contributed by atoms with van der Waals surface area (Å²) in [6.07, 6.45) is 3.88. The zero-order chi connectivity index (χ0) is 27.4. The maximum absolute atomic E-state index is 14.0. The van der Waals surface area contributed by atoms with Gasteiger partial charge in [0.2, 0.25) is 17.7 Å². The number of ether oxygens (including phenoxy) is 2. The zero-order valence-corrected chi connectivity index (χ0v) is 22.3. The first-order valence-electron chi connectivity index (χ1n) is 13.8. The van der Waals surface area contributed by atoms with Crippen LogP contribution in [-0.2, 0) is 25.7 Å². The number of carbonyl (C=O) groups is 3. The van der Waals surface area contributed by atoms with Crippen LogP contribution in [-0.4, -0.2) is 65.7 Å². The number of nitrogens with one attached hydrogen (secondary N) is 2. The lowest BCUT2D eigenvalue weighted by Crippen LogP contribution is -2.53. The fraction of sp³-hybridized carbons (Fsp3) is 0.500. The van der Waals surface area contributed by atoms with Crippen molar-refractivity contribution in [2.45, 2.75) is 62.8 Å². The van der Waals surface area contributed by atoms with Crippen LogP contribution in [0.2, 0.25) is 0 Å². The van der Waals surface area contributed by atoms with E-state index in [1.807, 2.05) is 30.3 Å². The topological polar surface area (TPSA) is 117 Å².